The molecule has 0 aromatic heterocycles. The zero-order chi connectivity index (χ0) is 23.5. The van der Waals surface area contributed by atoms with Crippen molar-refractivity contribution in [3.8, 4) is 0 Å². The van der Waals surface area contributed by atoms with Gasteiger partial charge in [0.1, 0.15) is 0 Å². The van der Waals surface area contributed by atoms with Crippen molar-refractivity contribution < 1.29 is 23.4 Å². The molecule has 5 heteroatoms. The van der Waals surface area contributed by atoms with E-state index >= 15 is 0 Å². The first kappa shape index (κ1) is 24.8. The molecule has 32 heavy (non-hydrogen) atoms. The average Bonchev–Trinajstić information content (AvgIpc) is 3.04. The maximum Gasteiger partial charge on any atom is 0.417 e. The van der Waals surface area contributed by atoms with Gasteiger partial charge in [0.2, 0.25) is 0 Å². The molecule has 4 saturated carbocycles. The molecule has 0 radical (unpaired) electrons. The molecule has 0 bridgehead atoms. The van der Waals surface area contributed by atoms with E-state index in [0.29, 0.717) is 35.5 Å². The number of rotatable bonds is 5. The van der Waals surface area contributed by atoms with Gasteiger partial charge in [-0.2, -0.15) is 13.2 Å². The molecule has 4 aliphatic rings. The van der Waals surface area contributed by atoms with Gasteiger partial charge in [0.25, 0.3) is 0 Å². The minimum Gasteiger partial charge on any atom is -0.393 e. The van der Waals surface area contributed by atoms with E-state index in [0.717, 1.165) is 38.0 Å². The van der Waals surface area contributed by atoms with Crippen LogP contribution in [0.4, 0.5) is 13.2 Å². The fraction of sp³-hybridized carbons (Fsp3) is 1.00. The monoisotopic (exact) mass is 458 g/mol. The van der Waals surface area contributed by atoms with Crippen LogP contribution in [0.5, 0.6) is 0 Å². The Bertz CT molecular complexity index is 678. The molecule has 186 valence electrons. The van der Waals surface area contributed by atoms with Gasteiger partial charge in [-0.1, -0.05) is 33.6 Å². The number of hydrogen-bond acceptors (Lipinski definition) is 2. The number of hydrogen-bond donors (Lipinski definition) is 2. The first-order chi connectivity index (χ1) is 14.8. The summed E-state index contributed by atoms with van der Waals surface area (Å²) in [6, 6.07) is 0. The molecule has 4 fully saturated rings. The van der Waals surface area contributed by atoms with Crippen molar-refractivity contribution in [2.45, 2.75) is 123 Å². The third kappa shape index (κ3) is 3.95. The topological polar surface area (TPSA) is 40.5 Å². The van der Waals surface area contributed by atoms with Crippen LogP contribution in [0.15, 0.2) is 0 Å². The van der Waals surface area contributed by atoms with Crippen LogP contribution in [0.3, 0.4) is 0 Å². The Morgan fingerprint density at radius 2 is 1.56 bits per heavy atom. The van der Waals surface area contributed by atoms with E-state index in [4.69, 9.17) is 0 Å². The van der Waals surface area contributed by atoms with E-state index in [2.05, 4.69) is 20.8 Å². The van der Waals surface area contributed by atoms with Crippen LogP contribution < -0.4 is 0 Å². The summed E-state index contributed by atoms with van der Waals surface area (Å²) in [5, 5.41) is 20.0. The predicted molar refractivity (Wildman–Crippen MR) is 121 cm³/mol. The Balaban J connectivity index is 1.47. The SMILES string of the molecule is C[C@H](CCC[C@@H](C)O)[C@H]1CC[C@H]2[C@@H]3CC[C@H]4C[C@](O)(C(F)(F)F)CC[C@]4(C)[C@H]3CC[C@]12C. The van der Waals surface area contributed by atoms with Crippen LogP contribution in [0.25, 0.3) is 0 Å². The Hall–Kier alpha value is -0.290. The van der Waals surface area contributed by atoms with Gasteiger partial charge in [-0.3, -0.25) is 0 Å². The van der Waals surface area contributed by atoms with Gasteiger partial charge in [0.15, 0.2) is 5.60 Å². The maximum absolute atomic E-state index is 13.6. The van der Waals surface area contributed by atoms with Gasteiger partial charge >= 0.3 is 6.18 Å². The molecule has 2 nitrogen and oxygen atoms in total. The lowest BCUT2D eigenvalue weighted by Crippen LogP contribution is -2.59. The summed E-state index contributed by atoms with van der Waals surface area (Å²) in [5.41, 5.74) is -2.17. The van der Waals surface area contributed by atoms with Gasteiger partial charge in [0.05, 0.1) is 6.10 Å². The third-order valence-corrected chi connectivity index (χ3v) is 11.3. The molecule has 10 atom stereocenters. The van der Waals surface area contributed by atoms with Gasteiger partial charge in [0, 0.05) is 0 Å². The van der Waals surface area contributed by atoms with E-state index in [1.165, 1.54) is 25.7 Å². The van der Waals surface area contributed by atoms with Crippen molar-refractivity contribution in [2.75, 3.05) is 0 Å². The van der Waals surface area contributed by atoms with E-state index in [1.54, 1.807) is 0 Å². The first-order valence-electron chi connectivity index (χ1n) is 13.3. The van der Waals surface area contributed by atoms with Crippen LogP contribution >= 0.6 is 0 Å². The van der Waals surface area contributed by atoms with Crippen LogP contribution in [0, 0.1) is 46.3 Å². The van der Waals surface area contributed by atoms with Crippen LogP contribution in [0.1, 0.15) is 105 Å². The highest BCUT2D eigenvalue weighted by Crippen LogP contribution is 2.69. The summed E-state index contributed by atoms with van der Waals surface area (Å²) in [6.07, 6.45) is 5.50. The van der Waals surface area contributed by atoms with Crippen molar-refractivity contribution in [2.24, 2.45) is 46.3 Å². The lowest BCUT2D eigenvalue weighted by molar-refractivity contribution is -0.290. The molecule has 0 aromatic rings. The number of fused-ring (bicyclic) bond motifs is 5. The van der Waals surface area contributed by atoms with E-state index < -0.39 is 11.8 Å². The van der Waals surface area contributed by atoms with E-state index in [1.807, 2.05) is 6.92 Å². The van der Waals surface area contributed by atoms with Crippen molar-refractivity contribution >= 4 is 0 Å². The van der Waals surface area contributed by atoms with Gasteiger partial charge in [-0.15, -0.1) is 0 Å². The summed E-state index contributed by atoms with van der Waals surface area (Å²) in [5.74, 6) is 3.25. The molecule has 0 saturated heterocycles. The highest BCUT2D eigenvalue weighted by atomic mass is 19.4. The predicted octanol–water partition coefficient (Wildman–Crippen LogP) is 7.13. The molecule has 0 amide bonds. The molecule has 4 aliphatic carbocycles. The highest BCUT2D eigenvalue weighted by Gasteiger charge is 2.65. The lowest BCUT2D eigenvalue weighted by atomic mass is 9.43. The van der Waals surface area contributed by atoms with E-state index in [9.17, 15) is 23.4 Å². The van der Waals surface area contributed by atoms with Crippen molar-refractivity contribution in [1.29, 1.82) is 0 Å². The molecule has 0 heterocycles. The van der Waals surface area contributed by atoms with E-state index in [-0.39, 0.29) is 30.3 Å². The molecule has 4 rings (SSSR count). The minimum atomic E-state index is -4.51. The van der Waals surface area contributed by atoms with Crippen molar-refractivity contribution in [3.05, 3.63) is 0 Å². The number of alkyl halides is 3. The molecular weight excluding hydrogens is 413 g/mol. The van der Waals surface area contributed by atoms with Gasteiger partial charge < -0.3 is 10.2 Å². The Morgan fingerprint density at radius 3 is 2.22 bits per heavy atom. The summed E-state index contributed by atoms with van der Waals surface area (Å²) >= 11 is 0. The molecule has 2 N–H and O–H groups in total. The summed E-state index contributed by atoms with van der Waals surface area (Å²) in [4.78, 5) is 0. The number of halogens is 3. The third-order valence-electron chi connectivity index (χ3n) is 11.3. The van der Waals surface area contributed by atoms with Gasteiger partial charge in [-0.05, 0) is 117 Å². The molecule has 0 unspecified atom stereocenters. The molecule has 0 aliphatic heterocycles. The smallest absolute Gasteiger partial charge is 0.393 e. The second kappa shape index (κ2) is 8.43. The highest BCUT2D eigenvalue weighted by molar-refractivity contribution is 5.11. The zero-order valence-corrected chi connectivity index (χ0v) is 20.6. The normalized spacial score (nSPS) is 48.5. The summed E-state index contributed by atoms with van der Waals surface area (Å²) < 4.78 is 40.7. The second-order valence-electron chi connectivity index (χ2n) is 12.9. The molecule has 0 spiro atoms. The second-order valence-corrected chi connectivity index (χ2v) is 12.9. The summed E-state index contributed by atoms with van der Waals surface area (Å²) in [7, 11) is 0. The summed E-state index contributed by atoms with van der Waals surface area (Å²) in [6.45, 7) is 9.06. The molecular formula is C27H45F3O2. The van der Waals surface area contributed by atoms with Crippen LogP contribution in [-0.2, 0) is 0 Å². The quantitative estimate of drug-likeness (QED) is 0.460. The number of aliphatic hydroxyl groups is 2. The zero-order valence-electron chi connectivity index (χ0n) is 20.6. The van der Waals surface area contributed by atoms with Crippen LogP contribution in [0.2, 0.25) is 0 Å². The van der Waals surface area contributed by atoms with Crippen molar-refractivity contribution in [3.63, 3.8) is 0 Å². The fourth-order valence-corrected chi connectivity index (χ4v) is 9.41. The minimum absolute atomic E-state index is 0.00919. The van der Waals surface area contributed by atoms with Crippen molar-refractivity contribution in [1.82, 2.24) is 0 Å². The first-order valence-corrected chi connectivity index (χ1v) is 13.3. The van der Waals surface area contributed by atoms with Crippen LogP contribution in [-0.4, -0.2) is 28.1 Å². The maximum atomic E-state index is 13.6. The lowest BCUT2D eigenvalue weighted by Gasteiger charge is -2.62. The largest absolute Gasteiger partial charge is 0.417 e. The Morgan fingerprint density at radius 1 is 0.875 bits per heavy atom. The molecule has 0 aromatic carbocycles. The average molecular weight is 459 g/mol. The Kier molecular flexibility index (Phi) is 6.54. The van der Waals surface area contributed by atoms with Gasteiger partial charge in [-0.25, -0.2) is 0 Å². The standard InChI is InChI=1S/C27H45F3O2/c1-17(6-5-7-18(2)31)21-10-11-22-20-9-8-19-16-26(32,27(28,29)30)15-14-24(19,3)23(20)12-13-25(21,22)4/h17-23,31-32H,5-16H2,1-4H3/t17-,18-,19+,20+,21-,22+,23+,24+,25-,26+/m1/s1. The fourth-order valence-electron chi connectivity index (χ4n) is 9.41. The number of aliphatic hydroxyl groups excluding tert-OH is 1. The Labute approximate surface area is 192 Å².